The summed E-state index contributed by atoms with van der Waals surface area (Å²) in [7, 11) is 0. The van der Waals surface area contributed by atoms with Crippen molar-refractivity contribution in [1.82, 2.24) is 5.06 Å². The highest BCUT2D eigenvalue weighted by Gasteiger charge is 2.47. The van der Waals surface area contributed by atoms with Gasteiger partial charge >= 0.3 is 5.97 Å². The lowest BCUT2D eigenvalue weighted by atomic mass is 10.1. The number of benzene rings is 1. The van der Waals surface area contributed by atoms with Crippen LogP contribution in [-0.2, 0) is 14.4 Å². The van der Waals surface area contributed by atoms with Crippen LogP contribution >= 0.6 is 0 Å². The number of hydrogen-bond acceptors (Lipinski definition) is 5. The largest absolute Gasteiger partial charge is 0.374 e. The van der Waals surface area contributed by atoms with Crippen molar-refractivity contribution in [2.75, 3.05) is 11.9 Å². The van der Waals surface area contributed by atoms with Gasteiger partial charge in [-0.2, -0.15) is 0 Å². The van der Waals surface area contributed by atoms with E-state index in [1.54, 1.807) is 0 Å². The second kappa shape index (κ2) is 5.81. The summed E-state index contributed by atoms with van der Waals surface area (Å²) in [4.78, 5) is 28.3. The predicted octanol–water partition coefficient (Wildman–Crippen LogP) is 0.659. The van der Waals surface area contributed by atoms with Gasteiger partial charge in [0, 0.05) is 0 Å². The number of aliphatic hydroxyl groups excluding tert-OH is 1. The van der Waals surface area contributed by atoms with Crippen LogP contribution in [-0.4, -0.2) is 34.8 Å². The summed E-state index contributed by atoms with van der Waals surface area (Å²) < 4.78 is 13.4. The molecule has 0 radical (unpaired) electrons. The van der Waals surface area contributed by atoms with Crippen molar-refractivity contribution in [2.24, 2.45) is 5.92 Å². The first-order valence-corrected chi connectivity index (χ1v) is 5.87. The highest BCUT2D eigenvalue weighted by Crippen LogP contribution is 2.23. The van der Waals surface area contributed by atoms with Crippen LogP contribution in [0.4, 0.5) is 10.1 Å². The van der Waals surface area contributed by atoms with Crippen molar-refractivity contribution < 1.29 is 23.9 Å². The Morgan fingerprint density at radius 3 is 2.90 bits per heavy atom. The molecule has 1 amide bonds. The number of halogens is 1. The average Bonchev–Trinajstić information content (AvgIpc) is 2.68. The van der Waals surface area contributed by atoms with Gasteiger partial charge in [-0.15, -0.1) is 11.6 Å². The number of rotatable bonds is 4. The summed E-state index contributed by atoms with van der Waals surface area (Å²) in [6, 6.07) is 5.52. The molecule has 20 heavy (non-hydrogen) atoms. The third-order valence-electron chi connectivity index (χ3n) is 2.78. The number of nitrogens with one attached hydrogen (secondary N) is 1. The fourth-order valence-electron chi connectivity index (χ4n) is 1.80. The van der Waals surface area contributed by atoms with E-state index >= 15 is 0 Å². The molecule has 2 unspecified atom stereocenters. The molecule has 0 aliphatic carbocycles. The van der Waals surface area contributed by atoms with E-state index < -0.39 is 29.8 Å². The molecule has 0 saturated carbocycles. The number of anilines is 1. The van der Waals surface area contributed by atoms with Crippen LogP contribution in [0.2, 0.25) is 0 Å². The lowest BCUT2D eigenvalue weighted by Crippen LogP contribution is -2.38. The van der Waals surface area contributed by atoms with Crippen LogP contribution in [0.5, 0.6) is 0 Å². The number of para-hydroxylation sites is 1. The first kappa shape index (κ1) is 14.2. The number of aliphatic hydroxyl groups is 1. The summed E-state index contributed by atoms with van der Waals surface area (Å²) in [6.45, 7) is 3.52. The Hall–Kier alpha value is -2.25. The lowest BCUT2D eigenvalue weighted by Gasteiger charge is -2.16. The summed E-state index contributed by atoms with van der Waals surface area (Å²) in [5.74, 6) is -3.80. The number of hydroxylamine groups is 2. The van der Waals surface area contributed by atoms with Crippen LogP contribution in [0.15, 0.2) is 36.9 Å². The maximum Gasteiger partial charge on any atom is 0.341 e. The monoisotopic (exact) mass is 280 g/mol. The van der Waals surface area contributed by atoms with Gasteiger partial charge in [-0.1, -0.05) is 18.2 Å². The Kier molecular flexibility index (Phi) is 4.11. The molecule has 0 aromatic heterocycles. The smallest absolute Gasteiger partial charge is 0.341 e. The molecule has 0 bridgehead atoms. The van der Waals surface area contributed by atoms with Gasteiger partial charge in [0.2, 0.25) is 5.91 Å². The highest BCUT2D eigenvalue weighted by molar-refractivity contribution is 6.05. The minimum atomic E-state index is -1.44. The van der Waals surface area contributed by atoms with Crippen molar-refractivity contribution in [2.45, 2.75) is 6.23 Å². The zero-order valence-electron chi connectivity index (χ0n) is 10.5. The molecule has 1 aliphatic heterocycles. The molecule has 2 atom stereocenters. The van der Waals surface area contributed by atoms with Gasteiger partial charge in [0.25, 0.3) is 0 Å². The van der Waals surface area contributed by atoms with E-state index in [1.165, 1.54) is 30.3 Å². The quantitative estimate of drug-likeness (QED) is 0.625. The van der Waals surface area contributed by atoms with Gasteiger partial charge in [-0.25, -0.2) is 9.18 Å². The molecular formula is C13H13FN2O4. The summed E-state index contributed by atoms with van der Waals surface area (Å²) in [5.41, 5.74) is -0.0697. The number of amides is 1. The van der Waals surface area contributed by atoms with Crippen LogP contribution < -0.4 is 5.32 Å². The zero-order valence-corrected chi connectivity index (χ0v) is 10.5. The van der Waals surface area contributed by atoms with Crippen molar-refractivity contribution in [1.29, 1.82) is 0 Å². The van der Waals surface area contributed by atoms with E-state index in [-0.39, 0.29) is 12.2 Å². The van der Waals surface area contributed by atoms with E-state index in [2.05, 4.69) is 11.9 Å². The number of carbonyl (C=O) groups excluding carboxylic acids is 2. The first-order valence-electron chi connectivity index (χ1n) is 5.87. The Morgan fingerprint density at radius 2 is 2.25 bits per heavy atom. The fraction of sp³-hybridized carbons (Fsp3) is 0.231. The van der Waals surface area contributed by atoms with E-state index in [1.807, 2.05) is 0 Å². The molecule has 1 aromatic rings. The average molecular weight is 280 g/mol. The Bertz CT molecular complexity index is 549. The lowest BCUT2D eigenvalue weighted by molar-refractivity contribution is -0.189. The maximum absolute atomic E-state index is 13.4. The topological polar surface area (TPSA) is 78.9 Å². The molecule has 1 fully saturated rings. The van der Waals surface area contributed by atoms with Gasteiger partial charge in [0.05, 0.1) is 12.2 Å². The van der Waals surface area contributed by atoms with E-state index in [0.717, 1.165) is 5.06 Å². The third kappa shape index (κ3) is 2.68. The molecule has 7 heteroatoms. The summed E-state index contributed by atoms with van der Waals surface area (Å²) in [5, 5.41) is 13.0. The Labute approximate surface area is 114 Å². The number of carbonyl (C=O) groups is 2. The van der Waals surface area contributed by atoms with Gasteiger partial charge < -0.3 is 15.3 Å². The SMILES string of the molecule is C=CCN1OC(=O)C(C(=O)Nc2ccccc2F)C1O. The molecule has 106 valence electrons. The summed E-state index contributed by atoms with van der Waals surface area (Å²) in [6.07, 6.45) is -0.0273. The first-order chi connectivity index (χ1) is 9.54. The second-order valence-corrected chi connectivity index (χ2v) is 4.16. The molecular weight excluding hydrogens is 267 g/mol. The normalized spacial score (nSPS) is 22.4. The molecule has 1 aliphatic rings. The van der Waals surface area contributed by atoms with Gasteiger partial charge in [0.1, 0.15) is 5.82 Å². The predicted molar refractivity (Wildman–Crippen MR) is 67.5 cm³/mol. The van der Waals surface area contributed by atoms with Crippen LogP contribution in [0.1, 0.15) is 0 Å². The molecule has 1 heterocycles. The minimum absolute atomic E-state index is 0.0697. The van der Waals surface area contributed by atoms with Crippen molar-refractivity contribution >= 4 is 17.6 Å². The van der Waals surface area contributed by atoms with Gasteiger partial charge in [-0.3, -0.25) is 4.79 Å². The van der Waals surface area contributed by atoms with Crippen molar-refractivity contribution in [3.63, 3.8) is 0 Å². The van der Waals surface area contributed by atoms with Crippen LogP contribution in [0, 0.1) is 11.7 Å². The molecule has 2 rings (SSSR count). The minimum Gasteiger partial charge on any atom is -0.374 e. The van der Waals surface area contributed by atoms with E-state index in [0.29, 0.717) is 0 Å². The highest BCUT2D eigenvalue weighted by atomic mass is 19.1. The van der Waals surface area contributed by atoms with E-state index in [9.17, 15) is 19.1 Å². The summed E-state index contributed by atoms with van der Waals surface area (Å²) >= 11 is 0. The molecule has 0 spiro atoms. The van der Waals surface area contributed by atoms with E-state index in [4.69, 9.17) is 4.84 Å². The number of nitrogens with zero attached hydrogens (tertiary/aromatic N) is 1. The standard InChI is InChI=1S/C13H13FN2O4/c1-2-7-16-12(18)10(13(19)20-16)11(17)15-9-6-4-3-5-8(9)14/h2-6,10,12,18H,1,7H2,(H,15,17). The second-order valence-electron chi connectivity index (χ2n) is 4.16. The van der Waals surface area contributed by atoms with Crippen LogP contribution in [0.25, 0.3) is 0 Å². The van der Waals surface area contributed by atoms with Gasteiger partial charge in [0.15, 0.2) is 12.1 Å². The molecule has 1 saturated heterocycles. The van der Waals surface area contributed by atoms with Crippen molar-refractivity contribution in [3.05, 3.63) is 42.7 Å². The molecule has 6 nitrogen and oxygen atoms in total. The molecule has 2 N–H and O–H groups in total. The number of hydrogen-bond donors (Lipinski definition) is 2. The van der Waals surface area contributed by atoms with Crippen molar-refractivity contribution in [3.8, 4) is 0 Å². The Balaban J connectivity index is 2.11. The zero-order chi connectivity index (χ0) is 14.7. The Morgan fingerprint density at radius 1 is 1.55 bits per heavy atom. The van der Waals surface area contributed by atoms with Gasteiger partial charge in [-0.05, 0) is 12.1 Å². The van der Waals surface area contributed by atoms with Crippen LogP contribution in [0.3, 0.4) is 0 Å². The molecule has 1 aromatic carbocycles. The third-order valence-corrected chi connectivity index (χ3v) is 2.78. The fourth-order valence-corrected chi connectivity index (χ4v) is 1.80. The maximum atomic E-state index is 13.4.